The first-order valence-electron chi connectivity index (χ1n) is 13.7. The lowest BCUT2D eigenvalue weighted by atomic mass is 9.61. The van der Waals surface area contributed by atoms with Crippen molar-refractivity contribution in [3.63, 3.8) is 0 Å². The molecule has 2 amide bonds. The third-order valence-corrected chi connectivity index (χ3v) is 9.25. The molecule has 0 aromatic heterocycles. The first-order chi connectivity index (χ1) is 21.0. The topological polar surface area (TPSA) is 153 Å². The number of anilines is 1. The summed E-state index contributed by atoms with van der Waals surface area (Å²) in [6.07, 6.45) is 6.91. The van der Waals surface area contributed by atoms with Gasteiger partial charge in [0.05, 0.1) is 41.1 Å². The van der Waals surface area contributed by atoms with Crippen molar-refractivity contribution in [3.05, 3.63) is 91.5 Å². The van der Waals surface area contributed by atoms with Gasteiger partial charge < -0.3 is 14.6 Å². The van der Waals surface area contributed by atoms with Crippen LogP contribution in [0.25, 0.3) is 6.08 Å². The molecule has 11 nitrogen and oxygen atoms in total. The molecule has 4 aliphatic rings. The van der Waals surface area contributed by atoms with Crippen molar-refractivity contribution < 1.29 is 38.7 Å². The van der Waals surface area contributed by atoms with Gasteiger partial charge >= 0.3 is 0 Å². The second-order valence-electron chi connectivity index (χ2n) is 10.9. The van der Waals surface area contributed by atoms with Gasteiger partial charge in [-0.05, 0) is 58.5 Å². The number of aromatic hydroxyl groups is 1. The van der Waals surface area contributed by atoms with E-state index < -0.39 is 40.4 Å². The standard InChI is InChI=1S/C32H25BrN2O9/c1-43-25-10-15(11-26(44-2)30(25)38)6-7-19-18-8-9-20-28(21(18)13-22-27(19)24(36)14-23(33)29(22)37)32(40)34(31(20)39)16-4-3-5-17(12-16)35(41)42/h3-8,10-12,14,19-21,28,38H,9,13H2,1-2H3. The van der Waals surface area contributed by atoms with Crippen LogP contribution >= 0.6 is 15.9 Å². The minimum atomic E-state index is -0.826. The number of non-ortho nitro benzene ring substituents is 1. The van der Waals surface area contributed by atoms with Crippen LogP contribution in [0.15, 0.2) is 75.8 Å². The minimum absolute atomic E-state index is 0.0862. The smallest absolute Gasteiger partial charge is 0.271 e. The van der Waals surface area contributed by atoms with Crippen molar-refractivity contribution in [1.82, 2.24) is 0 Å². The van der Waals surface area contributed by atoms with Gasteiger partial charge in [0, 0.05) is 35.3 Å². The maximum Gasteiger partial charge on any atom is 0.271 e. The van der Waals surface area contributed by atoms with Gasteiger partial charge in [-0.25, -0.2) is 4.90 Å². The number of phenols is 1. The Hall–Kier alpha value is -4.84. The van der Waals surface area contributed by atoms with E-state index in [9.17, 15) is 34.4 Å². The van der Waals surface area contributed by atoms with E-state index in [4.69, 9.17) is 9.47 Å². The fourth-order valence-electron chi connectivity index (χ4n) is 6.70. The van der Waals surface area contributed by atoms with Crippen LogP contribution in [0, 0.1) is 33.8 Å². The second-order valence-corrected chi connectivity index (χ2v) is 11.7. The number of rotatable bonds is 6. The number of Topliss-reactive ketones (excluding diaryl/α,β-unsaturated/α-hetero) is 1. The fourth-order valence-corrected chi connectivity index (χ4v) is 7.15. The normalized spacial score (nSPS) is 24.6. The summed E-state index contributed by atoms with van der Waals surface area (Å²) >= 11 is 3.20. The number of ether oxygens (including phenoxy) is 2. The first kappa shape index (κ1) is 29.2. The van der Waals surface area contributed by atoms with Crippen molar-refractivity contribution in [1.29, 1.82) is 0 Å². The van der Waals surface area contributed by atoms with Gasteiger partial charge in [-0.2, -0.15) is 0 Å². The van der Waals surface area contributed by atoms with E-state index in [2.05, 4.69) is 15.9 Å². The minimum Gasteiger partial charge on any atom is -0.502 e. The Morgan fingerprint density at radius 2 is 1.75 bits per heavy atom. The number of carbonyl (C=O) groups excluding carboxylic acids is 4. The number of fused-ring (bicyclic) bond motifs is 3. The van der Waals surface area contributed by atoms with Gasteiger partial charge in [-0.15, -0.1) is 0 Å². The summed E-state index contributed by atoms with van der Waals surface area (Å²) in [5, 5.41) is 21.7. The molecule has 2 aromatic rings. The Labute approximate surface area is 259 Å². The number of carbonyl (C=O) groups is 4. The predicted molar refractivity (Wildman–Crippen MR) is 161 cm³/mol. The molecule has 1 N–H and O–H groups in total. The van der Waals surface area contributed by atoms with Crippen molar-refractivity contribution in [2.45, 2.75) is 12.8 Å². The number of hydrogen-bond donors (Lipinski definition) is 1. The van der Waals surface area contributed by atoms with Gasteiger partial charge in [-0.3, -0.25) is 29.3 Å². The van der Waals surface area contributed by atoms with Gasteiger partial charge in [-0.1, -0.05) is 29.9 Å². The lowest BCUT2D eigenvalue weighted by molar-refractivity contribution is -0.384. The molecule has 6 rings (SSSR count). The molecule has 224 valence electrons. The highest BCUT2D eigenvalue weighted by Crippen LogP contribution is 2.53. The number of nitrogens with zero attached hydrogens (tertiary/aromatic N) is 2. The summed E-state index contributed by atoms with van der Waals surface area (Å²) in [5.74, 6) is -4.27. The van der Waals surface area contributed by atoms with Gasteiger partial charge in [0.25, 0.3) is 5.69 Å². The molecular weight excluding hydrogens is 636 g/mol. The third kappa shape index (κ3) is 4.57. The van der Waals surface area contributed by atoms with Crippen LogP contribution < -0.4 is 14.4 Å². The van der Waals surface area contributed by atoms with Crippen molar-refractivity contribution in [3.8, 4) is 17.2 Å². The number of halogens is 1. The maximum atomic E-state index is 14.0. The zero-order valence-corrected chi connectivity index (χ0v) is 25.1. The molecule has 2 aromatic carbocycles. The van der Waals surface area contributed by atoms with E-state index in [1.807, 2.05) is 6.08 Å². The summed E-state index contributed by atoms with van der Waals surface area (Å²) in [4.78, 5) is 66.1. The third-order valence-electron chi connectivity index (χ3n) is 8.66. The van der Waals surface area contributed by atoms with Gasteiger partial charge in [0.2, 0.25) is 17.6 Å². The molecule has 0 bridgehead atoms. The molecule has 4 unspecified atom stereocenters. The van der Waals surface area contributed by atoms with E-state index in [0.717, 1.165) is 10.5 Å². The average molecular weight is 661 g/mol. The highest BCUT2D eigenvalue weighted by atomic mass is 79.9. The molecular formula is C32H25BrN2O9. The zero-order chi connectivity index (χ0) is 31.4. The van der Waals surface area contributed by atoms with Crippen LogP contribution in [0.3, 0.4) is 0 Å². The Bertz CT molecular complexity index is 1780. The predicted octanol–water partition coefficient (Wildman–Crippen LogP) is 4.83. The number of nitro groups is 1. The molecule has 4 atom stereocenters. The van der Waals surface area contributed by atoms with Crippen LogP contribution in [-0.4, -0.2) is 47.6 Å². The molecule has 1 saturated heterocycles. The number of hydrogen-bond acceptors (Lipinski definition) is 9. The van der Waals surface area contributed by atoms with Crippen LogP contribution in [0.4, 0.5) is 11.4 Å². The van der Waals surface area contributed by atoms with Crippen LogP contribution in [0.2, 0.25) is 0 Å². The zero-order valence-electron chi connectivity index (χ0n) is 23.5. The molecule has 0 spiro atoms. The Morgan fingerprint density at radius 1 is 1.05 bits per heavy atom. The van der Waals surface area contributed by atoms with Gasteiger partial charge in [0.15, 0.2) is 23.1 Å². The quantitative estimate of drug-likeness (QED) is 0.151. The number of allylic oxidation sites excluding steroid dienone is 7. The van der Waals surface area contributed by atoms with Crippen molar-refractivity contribution >= 4 is 56.8 Å². The summed E-state index contributed by atoms with van der Waals surface area (Å²) in [6.45, 7) is 0. The van der Waals surface area contributed by atoms with Crippen LogP contribution in [0.5, 0.6) is 17.2 Å². The number of methoxy groups -OCH3 is 2. The molecule has 3 aliphatic carbocycles. The van der Waals surface area contributed by atoms with E-state index >= 15 is 0 Å². The van der Waals surface area contributed by atoms with Gasteiger partial charge in [0.1, 0.15) is 0 Å². The highest BCUT2D eigenvalue weighted by Gasteiger charge is 2.56. The molecule has 12 heteroatoms. The van der Waals surface area contributed by atoms with Crippen LogP contribution in [-0.2, 0) is 19.2 Å². The fraction of sp³-hybridized carbons (Fsp3) is 0.250. The number of amides is 2. The second kappa shape index (κ2) is 11.0. The van der Waals surface area contributed by atoms with Crippen molar-refractivity contribution in [2.24, 2.45) is 23.7 Å². The van der Waals surface area contributed by atoms with Crippen molar-refractivity contribution in [2.75, 3.05) is 19.1 Å². The highest BCUT2D eigenvalue weighted by molar-refractivity contribution is 9.12. The molecule has 0 saturated carbocycles. The number of nitro benzene ring substituents is 1. The average Bonchev–Trinajstić information content (AvgIpc) is 3.27. The molecule has 1 fully saturated rings. The SMILES string of the molecule is COc1cc(C=CC2C3=CCC4C(=O)N(c5cccc([N+](=O)[O-])c5)C(=O)C4C3CC3=C2C(=O)C=C(Br)C3=O)cc(OC)c1O. The number of ketones is 2. The lowest BCUT2D eigenvalue weighted by Gasteiger charge is -2.41. The largest absolute Gasteiger partial charge is 0.502 e. The summed E-state index contributed by atoms with van der Waals surface area (Å²) in [7, 11) is 2.81. The number of benzene rings is 2. The summed E-state index contributed by atoms with van der Waals surface area (Å²) < 4.78 is 10.6. The first-order valence-corrected chi connectivity index (χ1v) is 14.5. The number of phenolic OH excluding ortho intramolecular Hbond substituents is 1. The molecule has 1 aliphatic heterocycles. The molecule has 0 radical (unpaired) electrons. The van der Waals surface area contributed by atoms with E-state index in [0.29, 0.717) is 11.1 Å². The number of imide groups is 1. The lowest BCUT2D eigenvalue weighted by Crippen LogP contribution is -2.40. The van der Waals surface area contributed by atoms with E-state index in [1.165, 1.54) is 44.6 Å². The Balaban J connectivity index is 1.43. The Kier molecular flexibility index (Phi) is 7.32. The van der Waals surface area contributed by atoms with E-state index in [-0.39, 0.29) is 63.1 Å². The summed E-state index contributed by atoms with van der Waals surface area (Å²) in [5.41, 5.74) is 1.78. The van der Waals surface area contributed by atoms with E-state index in [1.54, 1.807) is 24.3 Å². The van der Waals surface area contributed by atoms with Crippen LogP contribution in [0.1, 0.15) is 18.4 Å². The monoisotopic (exact) mass is 660 g/mol. The maximum absolute atomic E-state index is 14.0. The molecule has 44 heavy (non-hydrogen) atoms. The summed E-state index contributed by atoms with van der Waals surface area (Å²) in [6, 6.07) is 8.56. The molecule has 1 heterocycles. The Morgan fingerprint density at radius 3 is 2.41 bits per heavy atom.